The van der Waals surface area contributed by atoms with Gasteiger partial charge in [0.25, 0.3) is 0 Å². The molecule has 0 aromatic heterocycles. The van der Waals surface area contributed by atoms with Gasteiger partial charge in [0.2, 0.25) is 0 Å². The van der Waals surface area contributed by atoms with E-state index in [1.807, 2.05) is 0 Å². The van der Waals surface area contributed by atoms with Gasteiger partial charge in [0, 0.05) is 12.6 Å². The van der Waals surface area contributed by atoms with Gasteiger partial charge < -0.3 is 15.5 Å². The minimum atomic E-state index is -0.599. The Balaban J connectivity index is 2.13. The second-order valence-electron chi connectivity index (χ2n) is 3.76. The maximum Gasteiger partial charge on any atom is 0.0895 e. The van der Waals surface area contributed by atoms with E-state index in [2.05, 4.69) is 12.2 Å². The third-order valence-electron chi connectivity index (χ3n) is 2.69. The smallest absolute Gasteiger partial charge is 0.0895 e. The van der Waals surface area contributed by atoms with Crippen LogP contribution in [0, 0.1) is 5.92 Å². The first-order valence-corrected chi connectivity index (χ1v) is 4.76. The third-order valence-corrected chi connectivity index (χ3v) is 2.69. The largest absolute Gasteiger partial charge is 0.394 e. The molecule has 0 saturated heterocycles. The number of nitrogens with one attached hydrogen (secondary N) is 1. The van der Waals surface area contributed by atoms with E-state index < -0.39 is 6.10 Å². The van der Waals surface area contributed by atoms with E-state index in [0.29, 0.717) is 12.6 Å². The van der Waals surface area contributed by atoms with Gasteiger partial charge in [0.05, 0.1) is 12.7 Å². The van der Waals surface area contributed by atoms with Crippen LogP contribution in [-0.2, 0) is 0 Å². The average molecular weight is 173 g/mol. The third kappa shape index (κ3) is 2.73. The Morgan fingerprint density at radius 1 is 1.50 bits per heavy atom. The van der Waals surface area contributed by atoms with Crippen LogP contribution in [0.15, 0.2) is 0 Å². The second-order valence-corrected chi connectivity index (χ2v) is 3.76. The summed E-state index contributed by atoms with van der Waals surface area (Å²) in [6.07, 6.45) is 3.18. The van der Waals surface area contributed by atoms with Crippen molar-refractivity contribution in [2.75, 3.05) is 13.2 Å². The van der Waals surface area contributed by atoms with E-state index in [9.17, 15) is 0 Å². The molecule has 3 heteroatoms. The fourth-order valence-electron chi connectivity index (χ4n) is 1.80. The summed E-state index contributed by atoms with van der Waals surface area (Å²) in [5.74, 6) is 0.718. The lowest BCUT2D eigenvalue weighted by Crippen LogP contribution is -2.38. The van der Waals surface area contributed by atoms with Crippen molar-refractivity contribution < 1.29 is 10.2 Å². The summed E-state index contributed by atoms with van der Waals surface area (Å²) in [5.41, 5.74) is 0. The van der Waals surface area contributed by atoms with Crippen LogP contribution < -0.4 is 5.32 Å². The molecule has 1 saturated carbocycles. The van der Waals surface area contributed by atoms with Crippen LogP contribution >= 0.6 is 0 Å². The van der Waals surface area contributed by atoms with E-state index in [-0.39, 0.29) is 6.61 Å². The zero-order valence-corrected chi connectivity index (χ0v) is 7.66. The van der Waals surface area contributed by atoms with Crippen molar-refractivity contribution in [1.29, 1.82) is 0 Å². The summed E-state index contributed by atoms with van der Waals surface area (Å²) in [7, 11) is 0. The molecule has 0 aromatic carbocycles. The Bertz CT molecular complexity index is 130. The lowest BCUT2D eigenvalue weighted by molar-refractivity contribution is 0.0907. The first kappa shape index (κ1) is 9.96. The van der Waals surface area contributed by atoms with Crippen molar-refractivity contribution in [3.63, 3.8) is 0 Å². The topological polar surface area (TPSA) is 52.5 Å². The molecule has 1 rings (SSSR count). The van der Waals surface area contributed by atoms with Crippen LogP contribution in [-0.4, -0.2) is 35.5 Å². The number of rotatable bonds is 4. The van der Waals surface area contributed by atoms with Gasteiger partial charge in [-0.05, 0) is 18.8 Å². The number of hydrogen-bond acceptors (Lipinski definition) is 3. The summed E-state index contributed by atoms with van der Waals surface area (Å²) in [6.45, 7) is 2.61. The van der Waals surface area contributed by atoms with Crippen LogP contribution in [0.2, 0.25) is 0 Å². The fourth-order valence-corrected chi connectivity index (χ4v) is 1.80. The molecule has 3 N–H and O–H groups in total. The molecule has 1 aliphatic rings. The summed E-state index contributed by atoms with van der Waals surface area (Å²) < 4.78 is 0. The van der Waals surface area contributed by atoms with Gasteiger partial charge in [-0.2, -0.15) is 0 Å². The first-order chi connectivity index (χ1) is 5.74. The van der Waals surface area contributed by atoms with Gasteiger partial charge in [0.1, 0.15) is 0 Å². The standard InChI is InChI=1S/C9H19NO2/c1-7-3-2-4-9(7)10-5-8(12)6-11/h7-12H,2-6H2,1H3/t7?,8-,9?/m0/s1. The zero-order chi connectivity index (χ0) is 8.97. The van der Waals surface area contributed by atoms with Crippen molar-refractivity contribution in [2.45, 2.75) is 38.3 Å². The summed E-state index contributed by atoms with van der Waals surface area (Å²) >= 11 is 0. The quantitative estimate of drug-likeness (QED) is 0.566. The Hall–Kier alpha value is -0.120. The fraction of sp³-hybridized carbons (Fsp3) is 1.00. The Morgan fingerprint density at radius 3 is 2.75 bits per heavy atom. The summed E-state index contributed by atoms with van der Waals surface area (Å²) in [5, 5.41) is 20.9. The predicted molar refractivity (Wildman–Crippen MR) is 47.9 cm³/mol. The Morgan fingerprint density at radius 2 is 2.25 bits per heavy atom. The van der Waals surface area contributed by atoms with E-state index in [4.69, 9.17) is 10.2 Å². The lowest BCUT2D eigenvalue weighted by Gasteiger charge is -2.18. The maximum absolute atomic E-state index is 9.09. The van der Waals surface area contributed by atoms with Crippen LogP contribution in [0.5, 0.6) is 0 Å². The van der Waals surface area contributed by atoms with Crippen molar-refractivity contribution >= 4 is 0 Å². The van der Waals surface area contributed by atoms with Crippen molar-refractivity contribution in [3.05, 3.63) is 0 Å². The number of hydrogen-bond donors (Lipinski definition) is 3. The lowest BCUT2D eigenvalue weighted by atomic mass is 10.1. The highest BCUT2D eigenvalue weighted by molar-refractivity contribution is 4.80. The van der Waals surface area contributed by atoms with Crippen LogP contribution in [0.4, 0.5) is 0 Å². The second kappa shape index (κ2) is 4.80. The molecular formula is C9H19NO2. The monoisotopic (exact) mass is 173 g/mol. The molecular weight excluding hydrogens is 154 g/mol. The van der Waals surface area contributed by atoms with Crippen LogP contribution in [0.1, 0.15) is 26.2 Å². The van der Waals surface area contributed by atoms with E-state index in [0.717, 1.165) is 5.92 Å². The minimum Gasteiger partial charge on any atom is -0.394 e. The van der Waals surface area contributed by atoms with Crippen LogP contribution in [0.3, 0.4) is 0 Å². The molecule has 0 heterocycles. The first-order valence-electron chi connectivity index (χ1n) is 4.76. The molecule has 3 nitrogen and oxygen atoms in total. The molecule has 1 aliphatic carbocycles. The Labute approximate surface area is 73.8 Å². The molecule has 0 amide bonds. The van der Waals surface area contributed by atoms with Gasteiger partial charge >= 0.3 is 0 Å². The SMILES string of the molecule is CC1CCCC1NC[C@H](O)CO. The van der Waals surface area contributed by atoms with E-state index >= 15 is 0 Å². The van der Waals surface area contributed by atoms with Gasteiger partial charge in [-0.1, -0.05) is 13.3 Å². The number of aliphatic hydroxyl groups excluding tert-OH is 2. The zero-order valence-electron chi connectivity index (χ0n) is 7.66. The van der Waals surface area contributed by atoms with Gasteiger partial charge in [-0.3, -0.25) is 0 Å². The van der Waals surface area contributed by atoms with Crippen LogP contribution in [0.25, 0.3) is 0 Å². The highest BCUT2D eigenvalue weighted by Crippen LogP contribution is 2.24. The molecule has 0 radical (unpaired) electrons. The van der Waals surface area contributed by atoms with Gasteiger partial charge in [-0.25, -0.2) is 0 Å². The Kier molecular flexibility index (Phi) is 3.98. The molecule has 3 atom stereocenters. The van der Waals surface area contributed by atoms with Gasteiger partial charge in [-0.15, -0.1) is 0 Å². The highest BCUT2D eigenvalue weighted by atomic mass is 16.3. The molecule has 2 unspecified atom stereocenters. The minimum absolute atomic E-state index is 0.145. The molecule has 0 aromatic rings. The van der Waals surface area contributed by atoms with Crippen molar-refractivity contribution in [2.24, 2.45) is 5.92 Å². The molecule has 0 spiro atoms. The summed E-state index contributed by atoms with van der Waals surface area (Å²) in [4.78, 5) is 0. The van der Waals surface area contributed by atoms with Gasteiger partial charge in [0.15, 0.2) is 0 Å². The number of aliphatic hydroxyl groups is 2. The molecule has 0 aliphatic heterocycles. The van der Waals surface area contributed by atoms with E-state index in [1.165, 1.54) is 19.3 Å². The average Bonchev–Trinajstić information content (AvgIpc) is 2.47. The predicted octanol–water partition coefficient (Wildman–Crippen LogP) is 0.118. The molecule has 0 bridgehead atoms. The summed E-state index contributed by atoms with van der Waals surface area (Å²) in [6, 6.07) is 0.547. The normalized spacial score (nSPS) is 32.2. The molecule has 1 fully saturated rings. The molecule has 72 valence electrons. The highest BCUT2D eigenvalue weighted by Gasteiger charge is 2.22. The van der Waals surface area contributed by atoms with Crippen molar-refractivity contribution in [1.82, 2.24) is 5.32 Å². The van der Waals surface area contributed by atoms with Crippen molar-refractivity contribution in [3.8, 4) is 0 Å². The maximum atomic E-state index is 9.09. The molecule has 12 heavy (non-hydrogen) atoms. The van der Waals surface area contributed by atoms with E-state index in [1.54, 1.807) is 0 Å².